The summed E-state index contributed by atoms with van der Waals surface area (Å²) in [5.41, 5.74) is 2.17. The molecule has 2 N–H and O–H groups in total. The fourth-order valence-electron chi connectivity index (χ4n) is 1.90. The van der Waals surface area contributed by atoms with Crippen LogP contribution in [0.1, 0.15) is 11.4 Å². The molecule has 0 amide bonds. The van der Waals surface area contributed by atoms with Crippen molar-refractivity contribution in [2.75, 3.05) is 11.8 Å². The molecular formula is C13H18N4O2S. The fraction of sp³-hybridized carbons (Fsp3) is 0.308. The SMILES string of the molecule is CNCc1cc(S(=O)(=O)Nc2ccnc(C)c2)cn1C. The third-order valence-electron chi connectivity index (χ3n) is 2.90. The summed E-state index contributed by atoms with van der Waals surface area (Å²) in [4.78, 5) is 4.29. The summed E-state index contributed by atoms with van der Waals surface area (Å²) >= 11 is 0. The van der Waals surface area contributed by atoms with E-state index in [1.54, 1.807) is 35.2 Å². The third kappa shape index (κ3) is 3.17. The van der Waals surface area contributed by atoms with E-state index in [0.717, 1.165) is 11.4 Å². The van der Waals surface area contributed by atoms with Gasteiger partial charge in [0.25, 0.3) is 10.0 Å². The van der Waals surface area contributed by atoms with Gasteiger partial charge in [-0.1, -0.05) is 0 Å². The highest BCUT2D eigenvalue weighted by atomic mass is 32.2. The average Bonchev–Trinajstić information content (AvgIpc) is 2.72. The predicted molar refractivity (Wildman–Crippen MR) is 78.0 cm³/mol. The van der Waals surface area contributed by atoms with Gasteiger partial charge in [-0.25, -0.2) is 8.42 Å². The van der Waals surface area contributed by atoms with E-state index in [1.807, 2.05) is 21.0 Å². The maximum absolute atomic E-state index is 12.3. The zero-order chi connectivity index (χ0) is 14.8. The van der Waals surface area contributed by atoms with E-state index in [4.69, 9.17) is 0 Å². The molecule has 20 heavy (non-hydrogen) atoms. The Balaban J connectivity index is 2.28. The van der Waals surface area contributed by atoms with Crippen molar-refractivity contribution in [2.45, 2.75) is 18.4 Å². The number of aromatic nitrogens is 2. The van der Waals surface area contributed by atoms with E-state index in [2.05, 4.69) is 15.0 Å². The van der Waals surface area contributed by atoms with Gasteiger partial charge in [0, 0.05) is 37.4 Å². The maximum Gasteiger partial charge on any atom is 0.263 e. The third-order valence-corrected chi connectivity index (χ3v) is 4.25. The van der Waals surface area contributed by atoms with E-state index in [-0.39, 0.29) is 4.90 Å². The van der Waals surface area contributed by atoms with Gasteiger partial charge in [0.05, 0.1) is 5.69 Å². The second kappa shape index (κ2) is 5.64. The minimum atomic E-state index is -3.58. The van der Waals surface area contributed by atoms with Crippen LogP contribution < -0.4 is 10.0 Å². The van der Waals surface area contributed by atoms with E-state index in [9.17, 15) is 8.42 Å². The van der Waals surface area contributed by atoms with Gasteiger partial charge in [-0.15, -0.1) is 0 Å². The van der Waals surface area contributed by atoms with E-state index in [1.165, 1.54) is 0 Å². The number of nitrogens with one attached hydrogen (secondary N) is 2. The van der Waals surface area contributed by atoms with Gasteiger partial charge in [0.1, 0.15) is 4.90 Å². The molecule has 0 aliphatic heterocycles. The molecule has 0 atom stereocenters. The van der Waals surface area contributed by atoms with Crippen molar-refractivity contribution in [2.24, 2.45) is 7.05 Å². The lowest BCUT2D eigenvalue weighted by molar-refractivity contribution is 0.601. The minimum absolute atomic E-state index is 0.250. The minimum Gasteiger partial charge on any atom is -0.352 e. The lowest BCUT2D eigenvalue weighted by Crippen LogP contribution is -2.12. The van der Waals surface area contributed by atoms with Crippen molar-refractivity contribution in [3.05, 3.63) is 42.0 Å². The summed E-state index contributed by atoms with van der Waals surface area (Å²) in [5, 5.41) is 3.00. The first kappa shape index (κ1) is 14.5. The Bertz CT molecular complexity index is 707. The quantitative estimate of drug-likeness (QED) is 0.870. The van der Waals surface area contributed by atoms with Gasteiger partial charge in [0.15, 0.2) is 0 Å². The maximum atomic E-state index is 12.3. The molecule has 7 heteroatoms. The average molecular weight is 294 g/mol. The molecule has 2 heterocycles. The molecule has 0 saturated carbocycles. The molecule has 6 nitrogen and oxygen atoms in total. The molecule has 0 fully saturated rings. The molecule has 2 rings (SSSR count). The second-order valence-electron chi connectivity index (χ2n) is 4.60. The topological polar surface area (TPSA) is 76.0 Å². The Morgan fingerprint density at radius 3 is 2.75 bits per heavy atom. The Kier molecular flexibility index (Phi) is 4.10. The molecule has 0 aromatic carbocycles. The predicted octanol–water partition coefficient (Wildman–Crippen LogP) is 1.25. The summed E-state index contributed by atoms with van der Waals surface area (Å²) in [6, 6.07) is 4.98. The van der Waals surface area contributed by atoms with Crippen molar-refractivity contribution in [3.63, 3.8) is 0 Å². The molecule has 0 spiro atoms. The number of hydrogen-bond acceptors (Lipinski definition) is 4. The number of aryl methyl sites for hydroxylation is 2. The van der Waals surface area contributed by atoms with Crippen LogP contribution in [0, 0.1) is 6.92 Å². The highest BCUT2D eigenvalue weighted by Crippen LogP contribution is 2.18. The molecule has 0 radical (unpaired) electrons. The van der Waals surface area contributed by atoms with Crippen LogP contribution in [0.25, 0.3) is 0 Å². The second-order valence-corrected chi connectivity index (χ2v) is 6.28. The van der Waals surface area contributed by atoms with Gasteiger partial charge < -0.3 is 9.88 Å². The number of rotatable bonds is 5. The molecule has 0 unspecified atom stereocenters. The summed E-state index contributed by atoms with van der Waals surface area (Å²) in [5.74, 6) is 0. The number of nitrogens with zero attached hydrogens (tertiary/aromatic N) is 2. The monoisotopic (exact) mass is 294 g/mol. The molecular weight excluding hydrogens is 276 g/mol. The molecule has 0 aliphatic carbocycles. The van der Waals surface area contributed by atoms with Crippen LogP contribution in [0.2, 0.25) is 0 Å². The van der Waals surface area contributed by atoms with Gasteiger partial charge in [-0.2, -0.15) is 0 Å². The summed E-state index contributed by atoms with van der Waals surface area (Å²) in [7, 11) is 0.0639. The van der Waals surface area contributed by atoms with Crippen molar-refractivity contribution in [1.29, 1.82) is 0 Å². The standard InChI is InChI=1S/C13H18N4O2S/c1-10-6-11(4-5-15-10)16-20(18,19)13-7-12(8-14-2)17(3)9-13/h4-7,9,14H,8H2,1-3H3,(H,15,16). The van der Waals surface area contributed by atoms with Gasteiger partial charge >= 0.3 is 0 Å². The number of sulfonamides is 1. The lowest BCUT2D eigenvalue weighted by Gasteiger charge is -2.06. The Morgan fingerprint density at radius 2 is 2.10 bits per heavy atom. The van der Waals surface area contributed by atoms with E-state index >= 15 is 0 Å². The zero-order valence-electron chi connectivity index (χ0n) is 11.7. The summed E-state index contributed by atoms with van der Waals surface area (Å²) in [6.45, 7) is 2.42. The lowest BCUT2D eigenvalue weighted by atomic mass is 10.3. The summed E-state index contributed by atoms with van der Waals surface area (Å²) in [6.07, 6.45) is 3.17. The zero-order valence-corrected chi connectivity index (χ0v) is 12.5. The number of anilines is 1. The van der Waals surface area contributed by atoms with Crippen LogP contribution in [-0.4, -0.2) is 25.0 Å². The first-order valence-corrected chi connectivity index (χ1v) is 7.66. The van der Waals surface area contributed by atoms with Gasteiger partial charge in [-0.05, 0) is 32.2 Å². The van der Waals surface area contributed by atoms with Crippen molar-refractivity contribution in [1.82, 2.24) is 14.9 Å². The molecule has 108 valence electrons. The van der Waals surface area contributed by atoms with Crippen molar-refractivity contribution >= 4 is 15.7 Å². The molecule has 0 saturated heterocycles. The van der Waals surface area contributed by atoms with Crippen LogP contribution in [0.5, 0.6) is 0 Å². The fourth-order valence-corrected chi connectivity index (χ4v) is 3.05. The Hall–Kier alpha value is -1.86. The van der Waals surface area contributed by atoms with E-state index < -0.39 is 10.0 Å². The normalized spacial score (nSPS) is 11.6. The Morgan fingerprint density at radius 1 is 1.35 bits per heavy atom. The van der Waals surface area contributed by atoms with Crippen LogP contribution in [0.15, 0.2) is 35.5 Å². The van der Waals surface area contributed by atoms with Crippen LogP contribution in [0.4, 0.5) is 5.69 Å². The first-order chi connectivity index (χ1) is 9.42. The van der Waals surface area contributed by atoms with Crippen LogP contribution in [-0.2, 0) is 23.6 Å². The number of hydrogen-bond donors (Lipinski definition) is 2. The summed E-state index contributed by atoms with van der Waals surface area (Å²) < 4.78 is 29.0. The molecule has 0 bridgehead atoms. The Labute approximate surface area is 118 Å². The van der Waals surface area contributed by atoms with Crippen LogP contribution in [0.3, 0.4) is 0 Å². The van der Waals surface area contributed by atoms with Crippen molar-refractivity contribution < 1.29 is 8.42 Å². The van der Waals surface area contributed by atoms with Crippen LogP contribution >= 0.6 is 0 Å². The molecule has 2 aromatic heterocycles. The van der Waals surface area contributed by atoms with E-state index in [0.29, 0.717) is 12.2 Å². The highest BCUT2D eigenvalue weighted by molar-refractivity contribution is 7.92. The molecule has 2 aromatic rings. The number of pyridine rings is 1. The van der Waals surface area contributed by atoms with Gasteiger partial charge in [0.2, 0.25) is 0 Å². The highest BCUT2D eigenvalue weighted by Gasteiger charge is 2.17. The first-order valence-electron chi connectivity index (χ1n) is 6.17. The van der Waals surface area contributed by atoms with Crippen molar-refractivity contribution in [3.8, 4) is 0 Å². The molecule has 0 aliphatic rings. The van der Waals surface area contributed by atoms with Gasteiger partial charge in [-0.3, -0.25) is 9.71 Å². The largest absolute Gasteiger partial charge is 0.352 e. The smallest absolute Gasteiger partial charge is 0.263 e.